The van der Waals surface area contributed by atoms with Gasteiger partial charge < -0.3 is 10.1 Å². The number of ether oxygens (including phenoxy) is 1. The number of hydrogen-bond acceptors (Lipinski definition) is 4. The largest absolute Gasteiger partial charge is 0.444 e. The van der Waals surface area contributed by atoms with Crippen molar-refractivity contribution in [3.05, 3.63) is 35.7 Å². The van der Waals surface area contributed by atoms with E-state index in [9.17, 15) is 4.79 Å². The molecule has 0 bridgehead atoms. The predicted octanol–water partition coefficient (Wildman–Crippen LogP) is 3.51. The first-order valence-electron chi connectivity index (χ1n) is 7.46. The molecule has 1 amide bonds. The number of carbonyl (C=O) groups excluding carboxylic acids is 1. The smallest absolute Gasteiger partial charge is 0.407 e. The summed E-state index contributed by atoms with van der Waals surface area (Å²) in [5.41, 5.74) is 1.29. The molecule has 0 aromatic carbocycles. The summed E-state index contributed by atoms with van der Waals surface area (Å²) in [6.45, 7) is 6.75. The Balaban J connectivity index is 1.78. The van der Waals surface area contributed by atoms with Gasteiger partial charge in [0, 0.05) is 31.0 Å². The van der Waals surface area contributed by atoms with Gasteiger partial charge in [0.15, 0.2) is 0 Å². The van der Waals surface area contributed by atoms with Crippen molar-refractivity contribution in [1.82, 2.24) is 20.1 Å². The van der Waals surface area contributed by atoms with Gasteiger partial charge in [-0.3, -0.25) is 4.68 Å². The monoisotopic (exact) mass is 336 g/mol. The van der Waals surface area contributed by atoms with E-state index in [4.69, 9.17) is 16.3 Å². The Morgan fingerprint density at radius 2 is 2.17 bits per heavy atom. The summed E-state index contributed by atoms with van der Waals surface area (Å²) in [6, 6.07) is 5.56. The highest BCUT2D eigenvalue weighted by atomic mass is 35.5. The fourth-order valence-electron chi connectivity index (χ4n) is 1.95. The van der Waals surface area contributed by atoms with E-state index in [1.54, 1.807) is 12.3 Å². The van der Waals surface area contributed by atoms with Gasteiger partial charge in [-0.15, -0.1) is 0 Å². The Bertz CT molecular complexity index is 664. The van der Waals surface area contributed by atoms with E-state index in [0.29, 0.717) is 18.2 Å². The maximum atomic E-state index is 11.5. The number of aromatic nitrogens is 3. The van der Waals surface area contributed by atoms with Crippen LogP contribution in [0.3, 0.4) is 0 Å². The van der Waals surface area contributed by atoms with Crippen LogP contribution in [-0.4, -0.2) is 33.0 Å². The molecule has 0 aliphatic carbocycles. The van der Waals surface area contributed by atoms with Crippen molar-refractivity contribution in [2.75, 3.05) is 6.54 Å². The van der Waals surface area contributed by atoms with Crippen LogP contribution in [0, 0.1) is 0 Å². The molecule has 2 heterocycles. The summed E-state index contributed by atoms with van der Waals surface area (Å²) in [4.78, 5) is 15.5. The number of nitrogens with one attached hydrogen (secondary N) is 1. The zero-order valence-electron chi connectivity index (χ0n) is 13.5. The van der Waals surface area contributed by atoms with Gasteiger partial charge in [0.1, 0.15) is 10.8 Å². The van der Waals surface area contributed by atoms with Gasteiger partial charge in [0.25, 0.3) is 0 Å². The molecule has 0 radical (unpaired) electrons. The number of carbonyl (C=O) groups is 1. The molecule has 0 unspecified atom stereocenters. The number of rotatable bonds is 5. The van der Waals surface area contributed by atoms with Gasteiger partial charge in [-0.25, -0.2) is 9.78 Å². The van der Waals surface area contributed by atoms with Crippen LogP contribution in [0.15, 0.2) is 30.6 Å². The molecule has 0 aliphatic rings. The molecule has 2 rings (SSSR count). The second kappa shape index (κ2) is 7.46. The summed E-state index contributed by atoms with van der Waals surface area (Å²) >= 11 is 5.88. The lowest BCUT2D eigenvalue weighted by atomic mass is 10.2. The van der Waals surface area contributed by atoms with Crippen LogP contribution in [0.4, 0.5) is 4.79 Å². The van der Waals surface area contributed by atoms with Crippen LogP contribution in [0.2, 0.25) is 5.15 Å². The fraction of sp³-hybridized carbons (Fsp3) is 0.438. The summed E-state index contributed by atoms with van der Waals surface area (Å²) in [6.07, 6.45) is 3.92. The summed E-state index contributed by atoms with van der Waals surface area (Å²) < 4.78 is 7.01. The van der Waals surface area contributed by atoms with Crippen molar-refractivity contribution >= 4 is 17.7 Å². The normalized spacial score (nSPS) is 11.3. The van der Waals surface area contributed by atoms with Gasteiger partial charge >= 0.3 is 6.09 Å². The van der Waals surface area contributed by atoms with E-state index in [2.05, 4.69) is 15.4 Å². The molecule has 0 fully saturated rings. The molecule has 2 aromatic rings. The Morgan fingerprint density at radius 1 is 1.39 bits per heavy atom. The van der Waals surface area contributed by atoms with Crippen molar-refractivity contribution in [2.45, 2.75) is 39.3 Å². The zero-order chi connectivity index (χ0) is 16.9. The van der Waals surface area contributed by atoms with E-state index in [0.717, 1.165) is 17.7 Å². The summed E-state index contributed by atoms with van der Waals surface area (Å²) in [5, 5.41) is 7.65. The first-order valence-corrected chi connectivity index (χ1v) is 7.83. The third kappa shape index (κ3) is 5.90. The topological polar surface area (TPSA) is 69.0 Å². The first kappa shape index (κ1) is 17.3. The summed E-state index contributed by atoms with van der Waals surface area (Å²) in [5.74, 6) is 0. The fourth-order valence-corrected chi connectivity index (χ4v) is 2.12. The molecule has 1 N–H and O–H groups in total. The quantitative estimate of drug-likeness (QED) is 0.670. The molecule has 0 saturated carbocycles. The van der Waals surface area contributed by atoms with Crippen LogP contribution >= 0.6 is 11.6 Å². The molecule has 0 aliphatic heterocycles. The number of nitrogens with zero attached hydrogens (tertiary/aromatic N) is 3. The van der Waals surface area contributed by atoms with Crippen molar-refractivity contribution in [3.8, 4) is 11.3 Å². The third-order valence-electron chi connectivity index (χ3n) is 2.90. The number of pyridine rings is 1. The van der Waals surface area contributed by atoms with Crippen LogP contribution in [-0.2, 0) is 11.3 Å². The Hall–Kier alpha value is -2.08. The van der Waals surface area contributed by atoms with Crippen molar-refractivity contribution in [1.29, 1.82) is 0 Å². The van der Waals surface area contributed by atoms with E-state index in [-0.39, 0.29) is 0 Å². The molecule has 0 spiro atoms. The average molecular weight is 337 g/mol. The van der Waals surface area contributed by atoms with Crippen LogP contribution in [0.1, 0.15) is 27.2 Å². The standard InChI is InChI=1S/C16H21ClN4O2/c1-16(2,3)23-15(22)19-7-4-9-21-10-6-13(20-21)12-5-8-18-14(17)11-12/h5-6,8,10-11H,4,7,9H2,1-3H3,(H,19,22). The van der Waals surface area contributed by atoms with Gasteiger partial charge in [0.2, 0.25) is 0 Å². The molecular formula is C16H21ClN4O2. The number of alkyl carbamates (subject to hydrolysis) is 1. The van der Waals surface area contributed by atoms with Gasteiger partial charge in [-0.1, -0.05) is 11.6 Å². The number of aryl methyl sites for hydroxylation is 1. The zero-order valence-corrected chi connectivity index (χ0v) is 14.3. The van der Waals surface area contributed by atoms with Crippen LogP contribution in [0.5, 0.6) is 0 Å². The second-order valence-electron chi connectivity index (χ2n) is 6.11. The van der Waals surface area contributed by atoms with E-state index in [1.165, 1.54) is 0 Å². The third-order valence-corrected chi connectivity index (χ3v) is 3.10. The van der Waals surface area contributed by atoms with Gasteiger partial charge in [-0.05, 0) is 45.4 Å². The van der Waals surface area contributed by atoms with Crippen molar-refractivity contribution in [3.63, 3.8) is 0 Å². The first-order chi connectivity index (χ1) is 10.8. The van der Waals surface area contributed by atoms with Crippen molar-refractivity contribution in [2.24, 2.45) is 0 Å². The maximum absolute atomic E-state index is 11.5. The molecule has 124 valence electrons. The SMILES string of the molecule is CC(C)(C)OC(=O)NCCCn1ccc(-c2ccnc(Cl)c2)n1. The van der Waals surface area contributed by atoms with Crippen LogP contribution in [0.25, 0.3) is 11.3 Å². The minimum Gasteiger partial charge on any atom is -0.444 e. The second-order valence-corrected chi connectivity index (χ2v) is 6.50. The lowest BCUT2D eigenvalue weighted by molar-refractivity contribution is 0.0526. The Kier molecular flexibility index (Phi) is 5.60. The lowest BCUT2D eigenvalue weighted by Crippen LogP contribution is -2.33. The van der Waals surface area contributed by atoms with E-state index >= 15 is 0 Å². The highest BCUT2D eigenvalue weighted by molar-refractivity contribution is 6.29. The molecule has 6 nitrogen and oxygen atoms in total. The van der Waals surface area contributed by atoms with Gasteiger partial charge in [0.05, 0.1) is 5.69 Å². The highest BCUT2D eigenvalue weighted by Gasteiger charge is 2.15. The number of halogens is 1. The minimum absolute atomic E-state index is 0.398. The highest BCUT2D eigenvalue weighted by Crippen LogP contribution is 2.19. The molecule has 2 aromatic heterocycles. The number of amides is 1. The van der Waals surface area contributed by atoms with Crippen molar-refractivity contribution < 1.29 is 9.53 Å². The Labute approximate surface area is 140 Å². The van der Waals surface area contributed by atoms with Gasteiger partial charge in [-0.2, -0.15) is 5.10 Å². The maximum Gasteiger partial charge on any atom is 0.407 e. The predicted molar refractivity (Wildman–Crippen MR) is 89.3 cm³/mol. The Morgan fingerprint density at radius 3 is 2.87 bits per heavy atom. The van der Waals surface area contributed by atoms with Crippen LogP contribution < -0.4 is 5.32 Å². The van der Waals surface area contributed by atoms with E-state index in [1.807, 2.05) is 43.8 Å². The van der Waals surface area contributed by atoms with E-state index < -0.39 is 11.7 Å². The minimum atomic E-state index is -0.479. The molecule has 23 heavy (non-hydrogen) atoms. The average Bonchev–Trinajstić information content (AvgIpc) is 2.90. The molecular weight excluding hydrogens is 316 g/mol. The number of hydrogen-bond donors (Lipinski definition) is 1. The molecule has 0 atom stereocenters. The lowest BCUT2D eigenvalue weighted by Gasteiger charge is -2.19. The summed E-state index contributed by atoms with van der Waals surface area (Å²) in [7, 11) is 0. The molecule has 0 saturated heterocycles. The molecule has 7 heteroatoms.